The minimum absolute atomic E-state index is 0.00914. The summed E-state index contributed by atoms with van der Waals surface area (Å²) in [7, 11) is 1.92. The van der Waals surface area contributed by atoms with Crippen molar-refractivity contribution in [1.82, 2.24) is 15.0 Å². The fourth-order valence-corrected chi connectivity index (χ4v) is 4.22. The molecule has 0 radical (unpaired) electrons. The molecule has 1 fully saturated rings. The molecule has 1 amide bonds. The Kier molecular flexibility index (Phi) is 5.69. The molecule has 0 spiro atoms. The highest BCUT2D eigenvalue weighted by atomic mass is 35.5. The monoisotopic (exact) mass is 430 g/mol. The highest BCUT2D eigenvalue weighted by Gasteiger charge is 2.36. The molecule has 1 aliphatic heterocycles. The summed E-state index contributed by atoms with van der Waals surface area (Å²) in [6.07, 6.45) is 3.61. The predicted octanol–water partition coefficient (Wildman–Crippen LogP) is 3.52. The number of halogens is 1. The topological polar surface area (TPSA) is 92.3 Å². The van der Waals surface area contributed by atoms with Crippen LogP contribution in [0.3, 0.4) is 0 Å². The van der Waals surface area contributed by atoms with Gasteiger partial charge in [-0.1, -0.05) is 25.4 Å². The fourth-order valence-electron chi connectivity index (χ4n) is 4.11. The van der Waals surface area contributed by atoms with Crippen molar-refractivity contribution in [3.63, 3.8) is 0 Å². The minimum Gasteiger partial charge on any atom is -0.492 e. The summed E-state index contributed by atoms with van der Waals surface area (Å²) >= 11 is 5.79. The van der Waals surface area contributed by atoms with E-state index < -0.39 is 0 Å². The number of rotatable bonds is 6. The van der Waals surface area contributed by atoms with Gasteiger partial charge in [-0.3, -0.25) is 4.79 Å². The Hall–Kier alpha value is -2.61. The van der Waals surface area contributed by atoms with Gasteiger partial charge in [-0.25, -0.2) is 9.97 Å². The molecule has 3 heterocycles. The first-order valence-corrected chi connectivity index (χ1v) is 10.6. The molecule has 2 aromatic heterocycles. The van der Waals surface area contributed by atoms with Crippen molar-refractivity contribution < 1.29 is 9.53 Å². The number of amides is 1. The van der Waals surface area contributed by atoms with E-state index in [-0.39, 0.29) is 17.9 Å². The number of carbonyl (C=O) groups is 1. The second kappa shape index (κ2) is 8.26. The molecule has 0 bridgehead atoms. The van der Waals surface area contributed by atoms with Gasteiger partial charge in [0.1, 0.15) is 22.6 Å². The van der Waals surface area contributed by atoms with Gasteiger partial charge in [-0.05, 0) is 43.7 Å². The van der Waals surface area contributed by atoms with Gasteiger partial charge in [0.15, 0.2) is 5.82 Å². The smallest absolute Gasteiger partial charge is 0.247 e. The number of carbonyl (C=O) groups excluding carboxylic acids is 1. The summed E-state index contributed by atoms with van der Waals surface area (Å²) in [5.74, 6) is 2.74. The third kappa shape index (κ3) is 4.14. The summed E-state index contributed by atoms with van der Waals surface area (Å²) in [4.78, 5) is 27.7. The predicted molar refractivity (Wildman–Crippen MR) is 117 cm³/mol. The maximum Gasteiger partial charge on any atom is 0.247 e. The fraction of sp³-hybridized carbons (Fsp3) is 0.524. The van der Waals surface area contributed by atoms with E-state index in [1.807, 2.05) is 38.8 Å². The van der Waals surface area contributed by atoms with Gasteiger partial charge in [0.05, 0.1) is 18.5 Å². The van der Waals surface area contributed by atoms with E-state index >= 15 is 0 Å². The van der Waals surface area contributed by atoms with E-state index in [0.29, 0.717) is 35.4 Å². The van der Waals surface area contributed by atoms with Crippen molar-refractivity contribution in [3.05, 3.63) is 29.2 Å². The van der Waals surface area contributed by atoms with Gasteiger partial charge in [0.2, 0.25) is 11.9 Å². The maximum absolute atomic E-state index is 12.4. The Morgan fingerprint density at radius 1 is 1.33 bits per heavy atom. The van der Waals surface area contributed by atoms with Crippen molar-refractivity contribution in [3.8, 4) is 5.75 Å². The van der Waals surface area contributed by atoms with Gasteiger partial charge in [-0.15, -0.1) is 0 Å². The zero-order chi connectivity index (χ0) is 21.4. The molecule has 30 heavy (non-hydrogen) atoms. The Labute approximate surface area is 181 Å². The van der Waals surface area contributed by atoms with E-state index in [4.69, 9.17) is 21.3 Å². The lowest BCUT2D eigenvalue weighted by molar-refractivity contribution is -0.118. The lowest BCUT2D eigenvalue weighted by atomic mass is 9.81. The summed E-state index contributed by atoms with van der Waals surface area (Å²) < 4.78 is 5.79. The van der Waals surface area contributed by atoms with Crippen LogP contribution in [-0.2, 0) is 4.79 Å². The van der Waals surface area contributed by atoms with Crippen LogP contribution in [0.2, 0.25) is 5.15 Å². The van der Waals surface area contributed by atoms with Crippen LogP contribution in [0.4, 0.5) is 17.5 Å². The van der Waals surface area contributed by atoms with E-state index in [9.17, 15) is 4.79 Å². The number of aryl methyl sites for hydroxylation is 1. The van der Waals surface area contributed by atoms with Gasteiger partial charge < -0.3 is 20.3 Å². The lowest BCUT2D eigenvalue weighted by Gasteiger charge is -2.38. The van der Waals surface area contributed by atoms with Crippen molar-refractivity contribution in [2.24, 2.45) is 11.8 Å². The summed E-state index contributed by atoms with van der Waals surface area (Å²) in [5.41, 5.74) is 1.46. The number of hydrogen-bond acceptors (Lipinski definition) is 7. The summed E-state index contributed by atoms with van der Waals surface area (Å²) in [6, 6.07) is 3.62. The Morgan fingerprint density at radius 3 is 2.77 bits per heavy atom. The van der Waals surface area contributed by atoms with Crippen LogP contribution in [0.5, 0.6) is 5.75 Å². The van der Waals surface area contributed by atoms with Crippen LogP contribution in [0.15, 0.2) is 18.3 Å². The van der Waals surface area contributed by atoms with E-state index in [1.165, 1.54) is 0 Å². The second-order valence-corrected chi connectivity index (χ2v) is 8.81. The lowest BCUT2D eigenvalue weighted by Crippen LogP contribution is -2.50. The number of likely N-dealkylation sites (N-methyl/N-ethyl adjacent to an activating group) is 1. The molecule has 160 valence electrons. The number of anilines is 3. The van der Waals surface area contributed by atoms with Gasteiger partial charge in [-0.2, -0.15) is 4.98 Å². The van der Waals surface area contributed by atoms with Crippen LogP contribution in [0.1, 0.15) is 32.4 Å². The largest absolute Gasteiger partial charge is 0.492 e. The normalized spacial score (nSPS) is 22.9. The number of nitrogens with one attached hydrogen (secondary N) is 2. The Bertz CT molecular complexity index is 930. The molecule has 9 heteroatoms. The molecular weight excluding hydrogens is 404 g/mol. The highest BCUT2D eigenvalue weighted by molar-refractivity contribution is 6.29. The Morgan fingerprint density at radius 2 is 2.10 bits per heavy atom. The van der Waals surface area contributed by atoms with Crippen LogP contribution in [-0.4, -0.2) is 46.6 Å². The molecule has 0 saturated heterocycles. The van der Waals surface area contributed by atoms with E-state index in [0.717, 1.165) is 30.1 Å². The van der Waals surface area contributed by atoms with Crippen molar-refractivity contribution in [2.75, 3.05) is 29.2 Å². The number of hydrogen-bond donors (Lipinski definition) is 2. The van der Waals surface area contributed by atoms with Gasteiger partial charge >= 0.3 is 0 Å². The first-order valence-electron chi connectivity index (χ1n) is 10.2. The molecule has 1 aliphatic carbocycles. The minimum atomic E-state index is -0.243. The number of pyridine rings is 1. The standard InChI is InChI=1S/C21H27ClN6O2/c1-11(2)18-20(29)26-17-12(3)24-21(27-19(17)28(18)4)25-14-7-13(8-14)10-30-15-5-6-16(22)23-9-15/h5-6,9,11,13-14,18H,7-8,10H2,1-4H3,(H,26,29)(H,24,25,27)/t13-,14+,18-/m0/s1. The van der Waals surface area contributed by atoms with E-state index in [1.54, 1.807) is 12.3 Å². The number of fused-ring (bicyclic) bond motifs is 1. The summed E-state index contributed by atoms with van der Waals surface area (Å²) in [5, 5.41) is 6.87. The molecule has 8 nitrogen and oxygen atoms in total. The molecule has 0 aromatic carbocycles. The third-order valence-electron chi connectivity index (χ3n) is 5.73. The van der Waals surface area contributed by atoms with Crippen LogP contribution < -0.4 is 20.3 Å². The Balaban J connectivity index is 1.36. The number of aromatic nitrogens is 3. The second-order valence-electron chi connectivity index (χ2n) is 8.43. The van der Waals surface area contributed by atoms with Crippen LogP contribution in [0.25, 0.3) is 0 Å². The van der Waals surface area contributed by atoms with Gasteiger partial charge in [0, 0.05) is 13.1 Å². The maximum atomic E-state index is 12.4. The molecule has 2 N–H and O–H groups in total. The van der Waals surface area contributed by atoms with Crippen molar-refractivity contribution in [2.45, 2.75) is 45.7 Å². The average molecular weight is 431 g/mol. The zero-order valence-corrected chi connectivity index (χ0v) is 18.4. The van der Waals surface area contributed by atoms with Crippen molar-refractivity contribution in [1.29, 1.82) is 0 Å². The molecule has 1 atom stereocenters. The number of ether oxygens (including phenoxy) is 1. The average Bonchev–Trinajstić information content (AvgIpc) is 2.65. The molecule has 1 saturated carbocycles. The summed E-state index contributed by atoms with van der Waals surface area (Å²) in [6.45, 7) is 6.62. The number of nitrogens with zero attached hydrogens (tertiary/aromatic N) is 4. The highest BCUT2D eigenvalue weighted by Crippen LogP contribution is 2.35. The van der Waals surface area contributed by atoms with Crippen LogP contribution in [0, 0.1) is 18.8 Å². The molecule has 2 aliphatic rings. The molecule has 0 unspecified atom stereocenters. The van der Waals surface area contributed by atoms with Crippen LogP contribution >= 0.6 is 11.6 Å². The quantitative estimate of drug-likeness (QED) is 0.677. The first-order chi connectivity index (χ1) is 14.3. The first kappa shape index (κ1) is 20.7. The third-order valence-corrected chi connectivity index (χ3v) is 5.95. The van der Waals surface area contributed by atoms with E-state index in [2.05, 4.69) is 20.6 Å². The van der Waals surface area contributed by atoms with Gasteiger partial charge in [0.25, 0.3) is 0 Å². The van der Waals surface area contributed by atoms with Crippen molar-refractivity contribution >= 4 is 35.0 Å². The zero-order valence-electron chi connectivity index (χ0n) is 17.6. The molecule has 2 aromatic rings. The molecular formula is C21H27ClN6O2. The SMILES string of the molecule is Cc1nc(N[C@H]2C[C@@H](COc3ccc(Cl)nc3)C2)nc2c1NC(=O)[C@H](C(C)C)N2C. The molecule has 4 rings (SSSR count).